The van der Waals surface area contributed by atoms with Crippen molar-refractivity contribution in [3.8, 4) is 11.3 Å². The fraction of sp³-hybridized carbons (Fsp3) is 0.400. The van der Waals surface area contributed by atoms with Gasteiger partial charge in [-0.3, -0.25) is 0 Å². The summed E-state index contributed by atoms with van der Waals surface area (Å²) < 4.78 is 5.76. The van der Waals surface area contributed by atoms with Crippen LogP contribution in [0.25, 0.3) is 11.3 Å². The zero-order valence-electron chi connectivity index (χ0n) is 11.4. The van der Waals surface area contributed by atoms with Crippen molar-refractivity contribution in [1.29, 1.82) is 0 Å². The highest BCUT2D eigenvalue weighted by molar-refractivity contribution is 7.10. The molecule has 1 unspecified atom stereocenters. The summed E-state index contributed by atoms with van der Waals surface area (Å²) in [6.07, 6.45) is 2.21. The number of nitrogens with two attached hydrogens (primary N) is 1. The number of anilines is 1. The van der Waals surface area contributed by atoms with Gasteiger partial charge in [0.25, 0.3) is 0 Å². The fourth-order valence-electron chi connectivity index (χ4n) is 2.03. The van der Waals surface area contributed by atoms with Crippen molar-refractivity contribution in [2.75, 3.05) is 12.3 Å². The average Bonchev–Trinajstić information content (AvgIpc) is 2.88. The Hall–Kier alpha value is -1.39. The molecule has 1 aromatic carbocycles. The molecule has 1 aromatic heterocycles. The predicted molar refractivity (Wildman–Crippen MR) is 81.2 cm³/mol. The van der Waals surface area contributed by atoms with Crippen molar-refractivity contribution in [3.05, 3.63) is 34.7 Å². The first-order valence-electron chi connectivity index (χ1n) is 6.68. The predicted octanol–water partition coefficient (Wildman–Crippen LogP) is 4.27. The lowest BCUT2D eigenvalue weighted by molar-refractivity contribution is 0.0555. The van der Waals surface area contributed by atoms with Crippen LogP contribution in [0.3, 0.4) is 0 Å². The van der Waals surface area contributed by atoms with Crippen molar-refractivity contribution < 1.29 is 4.74 Å². The monoisotopic (exact) mass is 276 g/mol. The van der Waals surface area contributed by atoms with Gasteiger partial charge in [0.1, 0.15) is 11.1 Å². The smallest absolute Gasteiger partial charge is 0.122 e. The van der Waals surface area contributed by atoms with Crippen LogP contribution in [-0.4, -0.2) is 11.6 Å². The van der Waals surface area contributed by atoms with Crippen LogP contribution in [0.15, 0.2) is 29.6 Å². The first kappa shape index (κ1) is 14.0. The molecule has 2 rings (SSSR count). The lowest BCUT2D eigenvalue weighted by Gasteiger charge is -2.12. The molecule has 0 bridgehead atoms. The number of benzene rings is 1. The number of nitrogens with zero attached hydrogens (tertiary/aromatic N) is 1. The molecule has 1 atom stereocenters. The molecular formula is C15H20N2OS. The summed E-state index contributed by atoms with van der Waals surface area (Å²) in [5.41, 5.74) is 8.70. The summed E-state index contributed by atoms with van der Waals surface area (Å²) >= 11 is 1.65. The first-order chi connectivity index (χ1) is 9.26. The van der Waals surface area contributed by atoms with E-state index in [4.69, 9.17) is 15.5 Å². The van der Waals surface area contributed by atoms with Crippen LogP contribution < -0.4 is 5.73 Å². The van der Waals surface area contributed by atoms with Gasteiger partial charge in [-0.15, -0.1) is 11.3 Å². The number of hydrogen-bond donors (Lipinski definition) is 1. The molecule has 0 aliphatic heterocycles. The van der Waals surface area contributed by atoms with Crippen LogP contribution in [-0.2, 0) is 4.74 Å². The van der Waals surface area contributed by atoms with Crippen LogP contribution >= 0.6 is 11.3 Å². The number of aromatic nitrogens is 1. The SMILES string of the molecule is CCCC(OCC)c1nc(-c2ccccc2N)cs1. The Labute approximate surface area is 118 Å². The minimum absolute atomic E-state index is 0.110. The van der Waals surface area contributed by atoms with Gasteiger partial charge in [0, 0.05) is 23.2 Å². The standard InChI is InChI=1S/C15H20N2OS/c1-3-7-14(18-4-2)15-17-13(10-19-15)11-8-5-6-9-12(11)16/h5-6,8-10,14H,3-4,7,16H2,1-2H3. The largest absolute Gasteiger partial charge is 0.398 e. The van der Waals surface area contributed by atoms with Crippen molar-refractivity contribution in [2.24, 2.45) is 0 Å². The van der Waals surface area contributed by atoms with Gasteiger partial charge in [0.2, 0.25) is 0 Å². The van der Waals surface area contributed by atoms with Crippen molar-refractivity contribution >= 4 is 17.0 Å². The minimum atomic E-state index is 0.110. The van der Waals surface area contributed by atoms with Gasteiger partial charge in [-0.05, 0) is 19.4 Å². The minimum Gasteiger partial charge on any atom is -0.398 e. The highest BCUT2D eigenvalue weighted by Crippen LogP contribution is 2.31. The van der Waals surface area contributed by atoms with Gasteiger partial charge in [-0.2, -0.15) is 0 Å². The molecule has 0 amide bonds. The Kier molecular flexibility index (Phi) is 4.93. The summed E-state index contributed by atoms with van der Waals surface area (Å²) in [5.74, 6) is 0. The normalized spacial score (nSPS) is 12.5. The van der Waals surface area contributed by atoms with Crippen LogP contribution in [0.5, 0.6) is 0 Å². The van der Waals surface area contributed by atoms with E-state index in [0.29, 0.717) is 6.61 Å². The Morgan fingerprint density at radius 2 is 2.11 bits per heavy atom. The van der Waals surface area contributed by atoms with Gasteiger partial charge >= 0.3 is 0 Å². The van der Waals surface area contributed by atoms with E-state index in [1.165, 1.54) is 0 Å². The molecule has 1 heterocycles. The number of rotatable bonds is 6. The Balaban J connectivity index is 2.25. The molecule has 4 heteroatoms. The van der Waals surface area contributed by atoms with E-state index in [0.717, 1.165) is 34.8 Å². The molecule has 0 saturated heterocycles. The second kappa shape index (κ2) is 6.68. The lowest BCUT2D eigenvalue weighted by atomic mass is 10.1. The maximum Gasteiger partial charge on any atom is 0.122 e. The van der Waals surface area contributed by atoms with E-state index in [1.807, 2.05) is 31.2 Å². The third-order valence-electron chi connectivity index (χ3n) is 2.95. The summed E-state index contributed by atoms with van der Waals surface area (Å²) in [5, 5.41) is 3.10. The van der Waals surface area contributed by atoms with E-state index in [-0.39, 0.29) is 6.10 Å². The van der Waals surface area contributed by atoms with E-state index < -0.39 is 0 Å². The van der Waals surface area contributed by atoms with Gasteiger partial charge in [-0.1, -0.05) is 31.5 Å². The second-order valence-electron chi connectivity index (χ2n) is 4.39. The lowest BCUT2D eigenvalue weighted by Crippen LogP contribution is -2.03. The van der Waals surface area contributed by atoms with Crippen LogP contribution in [0.4, 0.5) is 5.69 Å². The quantitative estimate of drug-likeness (QED) is 0.801. The molecule has 0 aliphatic rings. The van der Waals surface area contributed by atoms with E-state index in [1.54, 1.807) is 11.3 Å². The molecular weight excluding hydrogens is 256 g/mol. The summed E-state index contributed by atoms with van der Waals surface area (Å²) in [6.45, 7) is 4.90. The van der Waals surface area contributed by atoms with Crippen molar-refractivity contribution in [1.82, 2.24) is 4.98 Å². The zero-order valence-corrected chi connectivity index (χ0v) is 12.2. The fourth-order valence-corrected chi connectivity index (χ4v) is 2.93. The summed E-state index contributed by atoms with van der Waals surface area (Å²) in [6, 6.07) is 7.83. The van der Waals surface area contributed by atoms with Crippen LogP contribution in [0.1, 0.15) is 37.8 Å². The summed E-state index contributed by atoms with van der Waals surface area (Å²) in [4.78, 5) is 4.69. The number of ether oxygens (including phenoxy) is 1. The maximum absolute atomic E-state index is 5.99. The van der Waals surface area contributed by atoms with Crippen molar-refractivity contribution in [3.63, 3.8) is 0 Å². The highest BCUT2D eigenvalue weighted by atomic mass is 32.1. The molecule has 0 spiro atoms. The molecule has 0 radical (unpaired) electrons. The van der Waals surface area contributed by atoms with Gasteiger partial charge < -0.3 is 10.5 Å². The number of thiazole rings is 1. The first-order valence-corrected chi connectivity index (χ1v) is 7.56. The number of para-hydroxylation sites is 1. The molecule has 102 valence electrons. The maximum atomic E-state index is 5.99. The summed E-state index contributed by atoms with van der Waals surface area (Å²) in [7, 11) is 0. The molecule has 0 saturated carbocycles. The number of nitrogen functional groups attached to an aromatic ring is 1. The second-order valence-corrected chi connectivity index (χ2v) is 5.28. The van der Waals surface area contributed by atoms with E-state index in [9.17, 15) is 0 Å². The highest BCUT2D eigenvalue weighted by Gasteiger charge is 2.16. The molecule has 0 aliphatic carbocycles. The molecule has 2 aromatic rings. The molecule has 19 heavy (non-hydrogen) atoms. The molecule has 3 nitrogen and oxygen atoms in total. The number of hydrogen-bond acceptors (Lipinski definition) is 4. The Morgan fingerprint density at radius 1 is 1.32 bits per heavy atom. The van der Waals surface area contributed by atoms with Crippen molar-refractivity contribution in [2.45, 2.75) is 32.8 Å². The van der Waals surface area contributed by atoms with E-state index >= 15 is 0 Å². The molecule has 0 fully saturated rings. The van der Waals surface area contributed by atoms with Gasteiger partial charge in [0.05, 0.1) is 5.69 Å². The molecule has 2 N–H and O–H groups in total. The Morgan fingerprint density at radius 3 is 2.79 bits per heavy atom. The zero-order chi connectivity index (χ0) is 13.7. The topological polar surface area (TPSA) is 48.1 Å². The average molecular weight is 276 g/mol. The van der Waals surface area contributed by atoms with Gasteiger partial charge in [0.15, 0.2) is 0 Å². The van der Waals surface area contributed by atoms with Gasteiger partial charge in [-0.25, -0.2) is 4.98 Å². The third kappa shape index (κ3) is 3.33. The van der Waals surface area contributed by atoms with E-state index in [2.05, 4.69) is 12.3 Å². The van der Waals surface area contributed by atoms with Crippen LogP contribution in [0.2, 0.25) is 0 Å². The third-order valence-corrected chi connectivity index (χ3v) is 3.89. The van der Waals surface area contributed by atoms with Crippen LogP contribution in [0, 0.1) is 0 Å². The Bertz CT molecular complexity index is 518.